The SMILES string of the molecule is CC(C)(C)C12CCC(C)(C(=O)O1)C2(C)C.CC(C)(C)c1ccc(C(C)(C)C)cc1.CCc1ccc(CC(C)(C)C)cc1.COc1ccc(C(C)(C)C)cc1.COc1ccc(C(C)(C)C)cc1OC.COc1ccccc1C(C)(C)C.Cc1cccc(C(C)(C)C)c1. The number of fused-ring (bicyclic) bond motifs is 2. The summed E-state index contributed by atoms with van der Waals surface area (Å²) in [7, 11) is 6.70. The van der Waals surface area contributed by atoms with Gasteiger partial charge in [0.05, 0.1) is 33.9 Å². The summed E-state index contributed by atoms with van der Waals surface area (Å²) in [6.45, 7) is 64.0. The third-order valence-electron chi connectivity index (χ3n) is 18.1. The van der Waals surface area contributed by atoms with E-state index in [9.17, 15) is 4.79 Å². The molecule has 0 aromatic heterocycles. The first-order valence-corrected chi connectivity index (χ1v) is 33.4. The topological polar surface area (TPSA) is 63.2 Å². The van der Waals surface area contributed by atoms with E-state index >= 15 is 0 Å². The molecule has 2 bridgehead atoms. The molecule has 1 heterocycles. The Morgan fingerprint density at radius 3 is 1.12 bits per heavy atom. The molecule has 2 aliphatic rings. The zero-order chi connectivity index (χ0) is 70.2. The molecule has 91 heavy (non-hydrogen) atoms. The van der Waals surface area contributed by atoms with E-state index in [1.54, 1.807) is 28.4 Å². The first-order chi connectivity index (χ1) is 41.4. The molecule has 0 amide bonds. The number of esters is 1. The lowest BCUT2D eigenvalue weighted by atomic mass is 9.59. The van der Waals surface area contributed by atoms with Crippen LogP contribution in [0.1, 0.15) is 257 Å². The number of rotatable bonds is 6. The van der Waals surface area contributed by atoms with Crippen LogP contribution in [0.3, 0.4) is 0 Å². The van der Waals surface area contributed by atoms with Gasteiger partial charge in [0, 0.05) is 10.8 Å². The normalized spacial score (nSPS) is 16.9. The number of hydrogen-bond acceptors (Lipinski definition) is 6. The lowest BCUT2D eigenvalue weighted by molar-refractivity contribution is -0.172. The second kappa shape index (κ2) is 32.2. The van der Waals surface area contributed by atoms with Crippen molar-refractivity contribution in [2.75, 3.05) is 28.4 Å². The van der Waals surface area contributed by atoms with Crippen molar-refractivity contribution in [1.82, 2.24) is 0 Å². The molecule has 2 atom stereocenters. The molecule has 2 fully saturated rings. The van der Waals surface area contributed by atoms with Gasteiger partial charge in [0.2, 0.25) is 0 Å². The number of aryl methyl sites for hydroxylation is 2. The van der Waals surface area contributed by atoms with Crippen LogP contribution >= 0.6 is 0 Å². The smallest absolute Gasteiger partial charge is 0.313 e. The van der Waals surface area contributed by atoms with E-state index in [-0.39, 0.29) is 60.3 Å². The molecule has 6 aromatic carbocycles. The lowest BCUT2D eigenvalue weighted by Gasteiger charge is -2.46. The van der Waals surface area contributed by atoms with Crippen LogP contribution in [0.4, 0.5) is 0 Å². The molecule has 0 N–H and O–H groups in total. The highest BCUT2D eigenvalue weighted by Crippen LogP contribution is 2.70. The molecule has 6 heteroatoms. The molecule has 6 aromatic rings. The molecule has 0 radical (unpaired) electrons. The maximum Gasteiger partial charge on any atom is 0.313 e. The Kier molecular flexibility index (Phi) is 28.7. The van der Waals surface area contributed by atoms with Gasteiger partial charge in [-0.1, -0.05) is 302 Å². The van der Waals surface area contributed by atoms with Crippen LogP contribution in [-0.4, -0.2) is 40.0 Å². The summed E-state index contributed by atoms with van der Waals surface area (Å²) in [5.41, 5.74) is 13.4. The van der Waals surface area contributed by atoms with Gasteiger partial charge >= 0.3 is 5.97 Å². The predicted octanol–water partition coefficient (Wildman–Crippen LogP) is 23.6. The summed E-state index contributed by atoms with van der Waals surface area (Å²) in [5, 5.41) is 0. The van der Waals surface area contributed by atoms with Gasteiger partial charge in [-0.2, -0.15) is 0 Å². The Morgan fingerprint density at radius 2 is 0.813 bits per heavy atom. The number of benzene rings is 6. The van der Waals surface area contributed by atoms with Crippen LogP contribution in [0.2, 0.25) is 0 Å². The number of para-hydroxylation sites is 1. The highest BCUT2D eigenvalue weighted by atomic mass is 16.6. The van der Waals surface area contributed by atoms with Crippen molar-refractivity contribution in [2.45, 2.75) is 265 Å². The zero-order valence-electron chi connectivity index (χ0n) is 64.1. The van der Waals surface area contributed by atoms with E-state index in [0.29, 0.717) is 5.41 Å². The van der Waals surface area contributed by atoms with E-state index in [4.69, 9.17) is 23.7 Å². The Morgan fingerprint density at radius 1 is 0.407 bits per heavy atom. The minimum absolute atomic E-state index is 0.00803. The van der Waals surface area contributed by atoms with E-state index in [0.717, 1.165) is 48.7 Å². The van der Waals surface area contributed by atoms with Crippen LogP contribution in [-0.2, 0) is 54.9 Å². The summed E-state index contributed by atoms with van der Waals surface area (Å²) < 4.78 is 26.6. The molecule has 8 rings (SSSR count). The fourth-order valence-electron chi connectivity index (χ4n) is 11.5. The molecule has 1 saturated carbocycles. The van der Waals surface area contributed by atoms with Crippen LogP contribution in [0.25, 0.3) is 0 Å². The highest BCUT2D eigenvalue weighted by Gasteiger charge is 2.75. The monoisotopic (exact) mass is 1250 g/mol. The molecule has 1 saturated heterocycles. The van der Waals surface area contributed by atoms with Gasteiger partial charge in [0.15, 0.2) is 11.5 Å². The number of methoxy groups -OCH3 is 4. The Balaban J connectivity index is 0.000000363. The molecule has 506 valence electrons. The van der Waals surface area contributed by atoms with Gasteiger partial charge in [-0.15, -0.1) is 0 Å². The fourth-order valence-corrected chi connectivity index (χ4v) is 11.5. The van der Waals surface area contributed by atoms with Crippen molar-refractivity contribution in [3.05, 3.63) is 190 Å². The van der Waals surface area contributed by atoms with Crippen molar-refractivity contribution in [3.8, 4) is 23.0 Å². The number of carbonyl (C=O) groups excluding carboxylic acids is 1. The molecule has 0 spiro atoms. The third-order valence-corrected chi connectivity index (χ3v) is 18.1. The average molecular weight is 1250 g/mol. The van der Waals surface area contributed by atoms with Crippen LogP contribution in [0.15, 0.2) is 140 Å². The van der Waals surface area contributed by atoms with Gasteiger partial charge in [0.25, 0.3) is 0 Å². The van der Waals surface area contributed by atoms with Crippen molar-refractivity contribution in [2.24, 2.45) is 21.7 Å². The van der Waals surface area contributed by atoms with E-state index in [2.05, 4.69) is 298 Å². The van der Waals surface area contributed by atoms with E-state index in [1.807, 2.05) is 42.5 Å². The maximum absolute atomic E-state index is 12.0. The van der Waals surface area contributed by atoms with Crippen molar-refractivity contribution in [3.63, 3.8) is 0 Å². The van der Waals surface area contributed by atoms with Gasteiger partial charge in [-0.05, 0) is 152 Å². The van der Waals surface area contributed by atoms with Gasteiger partial charge < -0.3 is 23.7 Å². The van der Waals surface area contributed by atoms with Crippen molar-refractivity contribution >= 4 is 5.97 Å². The zero-order valence-corrected chi connectivity index (χ0v) is 64.1. The standard InChI is InChI=1S/C14H22.C13H22O2.C13H20.C12H18O2.2C11H16O.C11H16/c1-13(2,3)11-7-9-12(10-8-11)14(4,5)6;1-10(2,3)13-8-7-12(6,9(14)15-13)11(13,4)5;1-5-11-6-8-12(9-7-11)10-13(2,3)4;1-12(2,3)9-6-7-10(13-4)11(8-9)14-5;1-11(2,3)9-5-7-10(12-4)8-6-9;1-11(2,3)9-7-5-6-8-10(9)12-4;1-9-6-5-7-10(8-9)11(2,3)4/h7-10H,1-6H3;7-8H2,1-6H3;6-9H,5,10H2,1-4H3;6-8H,1-5H3;2*5-8H,1-4H3;5-8H,1-4H3. The van der Waals surface area contributed by atoms with E-state index < -0.39 is 0 Å². The third kappa shape index (κ3) is 23.8. The molecule has 6 nitrogen and oxygen atoms in total. The number of ether oxygens (including phenoxy) is 5. The Bertz CT molecular complexity index is 3090. The largest absolute Gasteiger partial charge is 0.497 e. The molecular formula is C85H130O6. The predicted molar refractivity (Wildman–Crippen MR) is 394 cm³/mol. The van der Waals surface area contributed by atoms with Gasteiger partial charge in [0.1, 0.15) is 17.1 Å². The average Bonchev–Trinajstić information content (AvgIpc) is 1.52. The number of carbonyl (C=O) groups is 1. The maximum atomic E-state index is 12.0. The molecule has 2 unspecified atom stereocenters. The molecule has 1 aliphatic carbocycles. The second-order valence-corrected chi connectivity index (χ2v) is 34.3. The summed E-state index contributed by atoms with van der Waals surface area (Å²) in [4.78, 5) is 12.0. The first-order valence-electron chi connectivity index (χ1n) is 33.4. The Labute approximate surface area is 558 Å². The first kappa shape index (κ1) is 81.1. The van der Waals surface area contributed by atoms with Crippen molar-refractivity contribution < 1.29 is 28.5 Å². The lowest BCUT2D eigenvalue weighted by Crippen LogP contribution is -2.50. The van der Waals surface area contributed by atoms with Gasteiger partial charge in [-0.3, -0.25) is 4.79 Å². The fraction of sp³-hybridized carbons (Fsp3) is 0.565. The molecular weight excluding hydrogens is 1120 g/mol. The van der Waals surface area contributed by atoms with Crippen LogP contribution in [0, 0.1) is 28.6 Å². The second-order valence-electron chi connectivity index (χ2n) is 34.3. The molecule has 1 aliphatic heterocycles. The van der Waals surface area contributed by atoms with Crippen LogP contribution < -0.4 is 18.9 Å². The Hall–Kier alpha value is -6.01. The summed E-state index contributed by atoms with van der Waals surface area (Å²) in [6.07, 6.45) is 4.27. The highest BCUT2D eigenvalue weighted by molar-refractivity contribution is 5.82. The summed E-state index contributed by atoms with van der Waals surface area (Å²) >= 11 is 0. The van der Waals surface area contributed by atoms with Crippen molar-refractivity contribution in [1.29, 1.82) is 0 Å². The van der Waals surface area contributed by atoms with E-state index in [1.165, 1.54) is 50.1 Å². The minimum atomic E-state index is -0.277. The van der Waals surface area contributed by atoms with Crippen LogP contribution in [0.5, 0.6) is 23.0 Å². The minimum Gasteiger partial charge on any atom is -0.497 e. The number of hydrogen-bond donors (Lipinski definition) is 0. The quantitative estimate of drug-likeness (QED) is 0.155. The van der Waals surface area contributed by atoms with Gasteiger partial charge in [-0.25, -0.2) is 0 Å². The summed E-state index contributed by atoms with van der Waals surface area (Å²) in [6, 6.07) is 49.1. The summed E-state index contributed by atoms with van der Waals surface area (Å²) in [5.74, 6) is 3.47.